The molecule has 0 bridgehead atoms. The van der Waals surface area contributed by atoms with Gasteiger partial charge in [0.1, 0.15) is 5.76 Å². The van der Waals surface area contributed by atoms with Gasteiger partial charge >= 0.3 is 0 Å². The number of rotatable bonds is 5. The Morgan fingerprint density at radius 3 is 2.44 bits per heavy atom. The van der Waals surface area contributed by atoms with Gasteiger partial charge < -0.3 is 14.7 Å². The summed E-state index contributed by atoms with van der Waals surface area (Å²) in [6.07, 6.45) is 3.18. The molecule has 1 unspecified atom stereocenters. The molecule has 1 fully saturated rings. The second-order valence-corrected chi connectivity index (χ2v) is 8.93. The number of methoxy groups -OCH3 is 1. The minimum Gasteiger partial charge on any atom is -0.507 e. The van der Waals surface area contributed by atoms with Crippen LogP contribution in [0.3, 0.4) is 0 Å². The number of halogens is 2. The summed E-state index contributed by atoms with van der Waals surface area (Å²) in [5.74, 6) is -1.62. The van der Waals surface area contributed by atoms with Gasteiger partial charge in [0.05, 0.1) is 28.8 Å². The summed E-state index contributed by atoms with van der Waals surface area (Å²) in [7, 11) is 1.42. The Morgan fingerprint density at radius 2 is 1.82 bits per heavy atom. The van der Waals surface area contributed by atoms with Gasteiger partial charge in [-0.2, -0.15) is 0 Å². The van der Waals surface area contributed by atoms with Gasteiger partial charge in [-0.15, -0.1) is 0 Å². The first kappa shape index (κ1) is 23.8. The normalized spacial score (nSPS) is 17.3. The van der Waals surface area contributed by atoms with E-state index >= 15 is 0 Å². The largest absolute Gasteiger partial charge is 0.507 e. The summed E-state index contributed by atoms with van der Waals surface area (Å²) in [6, 6.07) is 11.5. The molecular weight excluding hydrogens is 475 g/mol. The molecule has 1 saturated heterocycles. The Labute approximate surface area is 207 Å². The van der Waals surface area contributed by atoms with E-state index in [9.17, 15) is 14.7 Å². The molecule has 1 aliphatic heterocycles. The quantitative estimate of drug-likeness (QED) is 0.281. The van der Waals surface area contributed by atoms with Crippen molar-refractivity contribution >= 4 is 40.7 Å². The van der Waals surface area contributed by atoms with E-state index < -0.39 is 17.7 Å². The number of aliphatic hydroxyl groups is 1. The van der Waals surface area contributed by atoms with Crippen LogP contribution in [0.5, 0.6) is 5.75 Å². The lowest BCUT2D eigenvalue weighted by atomic mass is 9.96. The zero-order chi connectivity index (χ0) is 24.6. The fraction of sp³-hybridized carbons (Fsp3) is 0.192. The third kappa shape index (κ3) is 4.27. The molecule has 0 spiro atoms. The maximum Gasteiger partial charge on any atom is 0.295 e. The average Bonchev–Trinajstić information content (AvgIpc) is 3.06. The third-order valence-electron chi connectivity index (χ3n) is 5.86. The molecule has 3 aromatic rings. The highest BCUT2D eigenvalue weighted by molar-refractivity contribution is 6.46. The lowest BCUT2D eigenvalue weighted by Gasteiger charge is -2.26. The first-order chi connectivity index (χ1) is 16.2. The Balaban J connectivity index is 1.89. The van der Waals surface area contributed by atoms with Crippen molar-refractivity contribution in [1.29, 1.82) is 0 Å². The lowest BCUT2D eigenvalue weighted by molar-refractivity contribution is -0.140. The van der Waals surface area contributed by atoms with E-state index in [0.29, 0.717) is 5.56 Å². The van der Waals surface area contributed by atoms with Gasteiger partial charge in [-0.05, 0) is 48.7 Å². The lowest BCUT2D eigenvalue weighted by Crippen LogP contribution is -2.29. The molecule has 1 N–H and O–H groups in total. The Morgan fingerprint density at radius 1 is 1.12 bits per heavy atom. The van der Waals surface area contributed by atoms with Crippen molar-refractivity contribution in [1.82, 2.24) is 9.88 Å². The number of Topliss-reactive ketones (excluding diaryl/α,β-unsaturated/α-hetero) is 1. The molecule has 4 rings (SSSR count). The summed E-state index contributed by atoms with van der Waals surface area (Å²) < 4.78 is 5.17. The molecule has 1 aromatic heterocycles. The summed E-state index contributed by atoms with van der Waals surface area (Å²) in [6.45, 7) is 4.11. The maximum atomic E-state index is 13.2. The number of ketones is 1. The van der Waals surface area contributed by atoms with Crippen LogP contribution in [0.2, 0.25) is 10.0 Å². The van der Waals surface area contributed by atoms with E-state index in [-0.39, 0.29) is 39.2 Å². The first-order valence-corrected chi connectivity index (χ1v) is 11.3. The minimum atomic E-state index is -0.840. The number of likely N-dealkylation sites (tertiary alicyclic amines) is 1. The second-order valence-electron chi connectivity index (χ2n) is 8.12. The smallest absolute Gasteiger partial charge is 0.295 e. The first-order valence-electron chi connectivity index (χ1n) is 10.5. The predicted molar refractivity (Wildman–Crippen MR) is 131 cm³/mol. The van der Waals surface area contributed by atoms with E-state index in [1.54, 1.807) is 24.5 Å². The molecule has 2 heterocycles. The number of pyridine rings is 1. The molecule has 6 nitrogen and oxygen atoms in total. The molecule has 174 valence electrons. The number of aromatic nitrogens is 1. The van der Waals surface area contributed by atoms with Crippen LogP contribution < -0.4 is 4.74 Å². The van der Waals surface area contributed by atoms with Crippen LogP contribution in [-0.4, -0.2) is 33.8 Å². The number of aryl methyl sites for hydroxylation is 2. The molecule has 1 atom stereocenters. The number of hydrogen-bond acceptors (Lipinski definition) is 5. The Hall–Kier alpha value is -3.35. The van der Waals surface area contributed by atoms with Crippen LogP contribution in [0.1, 0.15) is 33.9 Å². The third-order valence-corrected chi connectivity index (χ3v) is 6.42. The van der Waals surface area contributed by atoms with Crippen molar-refractivity contribution in [2.75, 3.05) is 7.11 Å². The van der Waals surface area contributed by atoms with Crippen LogP contribution in [-0.2, 0) is 16.1 Å². The fourth-order valence-corrected chi connectivity index (χ4v) is 4.77. The molecule has 1 amide bonds. The summed E-state index contributed by atoms with van der Waals surface area (Å²) in [4.78, 5) is 32.1. The number of aliphatic hydroxyl groups excluding tert-OH is 1. The Bertz CT molecular complexity index is 1300. The predicted octanol–water partition coefficient (Wildman–Crippen LogP) is 5.64. The zero-order valence-electron chi connectivity index (χ0n) is 18.8. The zero-order valence-corrected chi connectivity index (χ0v) is 20.3. The summed E-state index contributed by atoms with van der Waals surface area (Å²) in [5, 5.41) is 11.6. The molecule has 0 saturated carbocycles. The highest BCUT2D eigenvalue weighted by Gasteiger charge is 2.46. The summed E-state index contributed by atoms with van der Waals surface area (Å²) in [5.41, 5.74) is 3.68. The number of ether oxygens (including phenoxy) is 1. The topological polar surface area (TPSA) is 79.7 Å². The van der Waals surface area contributed by atoms with Gasteiger partial charge in [-0.1, -0.05) is 53.0 Å². The second kappa shape index (κ2) is 9.49. The van der Waals surface area contributed by atoms with Crippen molar-refractivity contribution < 1.29 is 19.4 Å². The van der Waals surface area contributed by atoms with Crippen molar-refractivity contribution in [2.45, 2.75) is 26.4 Å². The van der Waals surface area contributed by atoms with Gasteiger partial charge in [0, 0.05) is 24.5 Å². The highest BCUT2D eigenvalue weighted by Crippen LogP contribution is 2.42. The van der Waals surface area contributed by atoms with Crippen molar-refractivity contribution in [2.24, 2.45) is 0 Å². The number of amides is 1. The number of nitrogens with zero attached hydrogens (tertiary/aromatic N) is 2. The number of hydrogen-bond donors (Lipinski definition) is 1. The fourth-order valence-electron chi connectivity index (χ4n) is 4.13. The van der Waals surface area contributed by atoms with Gasteiger partial charge in [0.2, 0.25) is 0 Å². The maximum absolute atomic E-state index is 13.2. The van der Waals surface area contributed by atoms with Crippen LogP contribution >= 0.6 is 23.2 Å². The van der Waals surface area contributed by atoms with Gasteiger partial charge in [0.25, 0.3) is 11.7 Å². The van der Waals surface area contributed by atoms with Crippen molar-refractivity contribution in [3.63, 3.8) is 0 Å². The van der Waals surface area contributed by atoms with Gasteiger partial charge in [-0.25, -0.2) is 0 Å². The molecular formula is C26H22Cl2N2O4. The monoisotopic (exact) mass is 496 g/mol. The molecule has 0 radical (unpaired) electrons. The minimum absolute atomic E-state index is 0.0550. The van der Waals surface area contributed by atoms with E-state index in [1.165, 1.54) is 24.1 Å². The molecule has 2 aromatic carbocycles. The van der Waals surface area contributed by atoms with E-state index in [0.717, 1.165) is 16.7 Å². The van der Waals surface area contributed by atoms with Crippen LogP contribution in [0.25, 0.3) is 5.76 Å². The average molecular weight is 497 g/mol. The molecule has 1 aliphatic rings. The van der Waals surface area contributed by atoms with Crippen LogP contribution in [0.4, 0.5) is 0 Å². The van der Waals surface area contributed by atoms with Crippen molar-refractivity contribution in [3.8, 4) is 5.75 Å². The Kier molecular flexibility index (Phi) is 6.64. The number of carbonyl (C=O) groups is 2. The standard InChI is InChI=1S/C26H22Cl2N2O4/c1-14-6-7-15(2)18(9-14)13-30-22(16-5-4-8-29-12-16)21(24(32)26(30)33)23(31)17-10-19(27)25(34-3)20(28)11-17/h4-12,22,31H,13H2,1-3H3/b23-21+. The van der Waals surface area contributed by atoms with Gasteiger partial charge in [0.15, 0.2) is 5.75 Å². The van der Waals surface area contributed by atoms with E-state index in [2.05, 4.69) is 4.98 Å². The van der Waals surface area contributed by atoms with E-state index in [4.69, 9.17) is 27.9 Å². The van der Waals surface area contributed by atoms with E-state index in [1.807, 2.05) is 32.0 Å². The van der Waals surface area contributed by atoms with Crippen molar-refractivity contribution in [3.05, 3.63) is 98.3 Å². The SMILES string of the molecule is COc1c(Cl)cc(/C(O)=C2\C(=O)C(=O)N(Cc3cc(C)ccc3C)C2c2cccnc2)cc1Cl. The van der Waals surface area contributed by atoms with Crippen LogP contribution in [0.15, 0.2) is 60.4 Å². The number of benzene rings is 2. The highest BCUT2D eigenvalue weighted by atomic mass is 35.5. The van der Waals surface area contributed by atoms with Crippen LogP contribution in [0, 0.1) is 13.8 Å². The number of carbonyl (C=O) groups excluding carboxylic acids is 2. The van der Waals surface area contributed by atoms with Gasteiger partial charge in [-0.3, -0.25) is 14.6 Å². The molecule has 0 aliphatic carbocycles. The summed E-state index contributed by atoms with van der Waals surface area (Å²) >= 11 is 12.5. The molecule has 34 heavy (non-hydrogen) atoms. The molecule has 8 heteroatoms.